The monoisotopic (exact) mass is 474 g/mol. The zero-order valence-corrected chi connectivity index (χ0v) is 17.3. The highest BCUT2D eigenvalue weighted by Gasteiger charge is 2.47. The molecule has 0 amide bonds. The Balaban J connectivity index is 2.67. The van der Waals surface area contributed by atoms with Gasteiger partial charge >= 0.3 is 11.9 Å². The van der Waals surface area contributed by atoms with Crippen LogP contribution in [0.15, 0.2) is 0 Å². The molecule has 1 aliphatic rings. The van der Waals surface area contributed by atoms with Crippen molar-refractivity contribution in [2.75, 3.05) is 19.8 Å². The molecule has 0 saturated carbocycles. The predicted octanol–water partition coefficient (Wildman–Crippen LogP) is -4.20. The van der Waals surface area contributed by atoms with Crippen molar-refractivity contribution >= 4 is 11.9 Å². The van der Waals surface area contributed by atoms with Crippen LogP contribution in [0.2, 0.25) is 0 Å². The van der Waals surface area contributed by atoms with Gasteiger partial charge in [0.2, 0.25) is 12.6 Å². The van der Waals surface area contributed by atoms with Crippen LogP contribution >= 0.6 is 0 Å². The number of aliphatic carboxylic acids is 2. The van der Waals surface area contributed by atoms with E-state index in [1.807, 2.05) is 0 Å². The van der Waals surface area contributed by atoms with Crippen LogP contribution in [-0.2, 0) is 33.3 Å². The van der Waals surface area contributed by atoms with Crippen molar-refractivity contribution in [3.05, 3.63) is 0 Å². The molecule has 32 heavy (non-hydrogen) atoms. The summed E-state index contributed by atoms with van der Waals surface area (Å²) in [5, 5.41) is 74.9. The third-order valence-corrected chi connectivity index (χ3v) is 4.32. The normalized spacial score (nSPS) is 30.0. The Labute approximate surface area is 182 Å². The van der Waals surface area contributed by atoms with Crippen LogP contribution in [0.25, 0.3) is 0 Å². The van der Waals surface area contributed by atoms with Crippen molar-refractivity contribution < 1.29 is 74.1 Å². The summed E-state index contributed by atoms with van der Waals surface area (Å²) in [7, 11) is 0. The SMILES string of the molecule is CC(O[C@@H](C)COC1OC(C(=O)O)C(O)C(O)C1O)C(OC(OCCO)C(O)O)C(=O)O. The number of aliphatic hydroxyl groups is 6. The van der Waals surface area contributed by atoms with Crippen LogP contribution in [0.3, 0.4) is 0 Å². The first-order chi connectivity index (χ1) is 14.9. The lowest BCUT2D eigenvalue weighted by Crippen LogP contribution is -2.60. The first-order valence-corrected chi connectivity index (χ1v) is 9.57. The van der Waals surface area contributed by atoms with Crippen LogP contribution in [0.4, 0.5) is 0 Å². The van der Waals surface area contributed by atoms with Crippen LogP contribution in [0.1, 0.15) is 13.8 Å². The second-order valence-electron chi connectivity index (χ2n) is 6.99. The summed E-state index contributed by atoms with van der Waals surface area (Å²) >= 11 is 0. The van der Waals surface area contributed by atoms with Crippen molar-refractivity contribution in [1.29, 1.82) is 0 Å². The van der Waals surface area contributed by atoms with Crippen LogP contribution in [0.5, 0.6) is 0 Å². The Morgan fingerprint density at radius 3 is 2.12 bits per heavy atom. The number of rotatable bonds is 14. The number of hydrogen-bond acceptors (Lipinski definition) is 13. The summed E-state index contributed by atoms with van der Waals surface area (Å²) in [4.78, 5) is 22.6. The molecule has 8 N–H and O–H groups in total. The quantitative estimate of drug-likeness (QED) is 0.111. The maximum Gasteiger partial charge on any atom is 0.335 e. The molecule has 1 aliphatic heterocycles. The third-order valence-electron chi connectivity index (χ3n) is 4.32. The lowest BCUT2D eigenvalue weighted by atomic mass is 9.99. The summed E-state index contributed by atoms with van der Waals surface area (Å²) in [6.45, 7) is 1.55. The van der Waals surface area contributed by atoms with Crippen molar-refractivity contribution in [2.45, 2.75) is 75.4 Å². The minimum atomic E-state index is -2.20. The fourth-order valence-corrected chi connectivity index (χ4v) is 2.78. The average molecular weight is 474 g/mol. The first-order valence-electron chi connectivity index (χ1n) is 9.57. The minimum Gasteiger partial charge on any atom is -0.479 e. The lowest BCUT2D eigenvalue weighted by Gasteiger charge is -2.38. The Hall–Kier alpha value is -1.50. The predicted molar refractivity (Wildman–Crippen MR) is 97.8 cm³/mol. The van der Waals surface area contributed by atoms with Crippen molar-refractivity contribution in [1.82, 2.24) is 0 Å². The molecule has 15 nitrogen and oxygen atoms in total. The van der Waals surface area contributed by atoms with Gasteiger partial charge in [-0.05, 0) is 13.8 Å². The molecule has 1 rings (SSSR count). The van der Waals surface area contributed by atoms with Gasteiger partial charge in [-0.1, -0.05) is 0 Å². The Morgan fingerprint density at radius 2 is 1.62 bits per heavy atom. The van der Waals surface area contributed by atoms with Crippen LogP contribution < -0.4 is 0 Å². The van der Waals surface area contributed by atoms with E-state index in [-0.39, 0.29) is 13.2 Å². The maximum absolute atomic E-state index is 11.5. The van der Waals surface area contributed by atoms with Gasteiger partial charge in [0, 0.05) is 0 Å². The molecule has 9 atom stereocenters. The molecule has 8 unspecified atom stereocenters. The number of carboxylic acid groups (broad SMARTS) is 2. The van der Waals surface area contributed by atoms with Gasteiger partial charge in [-0.3, -0.25) is 0 Å². The van der Waals surface area contributed by atoms with Gasteiger partial charge in [-0.2, -0.15) is 0 Å². The molecule has 15 heteroatoms. The Kier molecular flexibility index (Phi) is 11.8. The fraction of sp³-hybridized carbons (Fsp3) is 0.882. The first kappa shape index (κ1) is 28.5. The third kappa shape index (κ3) is 8.13. The average Bonchev–Trinajstić information content (AvgIpc) is 2.70. The highest BCUT2D eigenvalue weighted by Crippen LogP contribution is 2.23. The van der Waals surface area contributed by atoms with Gasteiger partial charge in [-0.15, -0.1) is 0 Å². The summed E-state index contributed by atoms with van der Waals surface area (Å²) in [5.41, 5.74) is 0. The smallest absolute Gasteiger partial charge is 0.335 e. The second-order valence-corrected chi connectivity index (χ2v) is 6.99. The molecule has 188 valence electrons. The van der Waals surface area contributed by atoms with E-state index in [1.54, 1.807) is 0 Å². The van der Waals surface area contributed by atoms with Gasteiger partial charge in [0.1, 0.15) is 18.3 Å². The molecular weight excluding hydrogens is 444 g/mol. The second kappa shape index (κ2) is 13.3. The number of aliphatic hydroxyl groups excluding tert-OH is 5. The molecule has 0 aromatic rings. The Morgan fingerprint density at radius 1 is 1.00 bits per heavy atom. The minimum absolute atomic E-state index is 0.351. The number of hydrogen-bond donors (Lipinski definition) is 8. The van der Waals surface area contributed by atoms with Crippen molar-refractivity contribution in [3.8, 4) is 0 Å². The topological polar surface area (TPSA) is 242 Å². The summed E-state index contributed by atoms with van der Waals surface area (Å²) in [6, 6.07) is 0. The van der Waals surface area contributed by atoms with Gasteiger partial charge in [0.05, 0.1) is 32.0 Å². The molecule has 0 spiro atoms. The summed E-state index contributed by atoms with van der Waals surface area (Å²) in [6.07, 6.45) is -16.8. The zero-order chi connectivity index (χ0) is 24.6. The molecule has 1 heterocycles. The standard InChI is InChI=1S/C17H30O15/c1-6(5-29-16-10(21)8(19)9(20)12(32-16)14(24)25)30-7(2)11(13(22)23)31-17(15(26)27)28-4-3-18/h6-12,15-21,26-27H,3-5H2,1-2H3,(H,22,23)(H,24,25)/t6-,7?,8?,9?,10?,11?,12?,16?,17?/m0/s1. The largest absolute Gasteiger partial charge is 0.479 e. The Bertz CT molecular complexity index is 586. The fourth-order valence-electron chi connectivity index (χ4n) is 2.78. The number of carboxylic acids is 2. The highest BCUT2D eigenvalue weighted by molar-refractivity contribution is 5.73. The number of carbonyl (C=O) groups is 2. The maximum atomic E-state index is 11.5. The molecule has 1 saturated heterocycles. The molecule has 0 aromatic carbocycles. The van der Waals surface area contributed by atoms with E-state index in [0.717, 1.165) is 0 Å². The van der Waals surface area contributed by atoms with Crippen molar-refractivity contribution in [2.24, 2.45) is 0 Å². The van der Waals surface area contributed by atoms with E-state index in [4.69, 9.17) is 33.9 Å². The molecular formula is C17H30O15. The summed E-state index contributed by atoms with van der Waals surface area (Å²) < 4.78 is 25.5. The van der Waals surface area contributed by atoms with Crippen LogP contribution in [-0.4, -0.2) is 134 Å². The molecule has 0 bridgehead atoms. The summed E-state index contributed by atoms with van der Waals surface area (Å²) in [5.74, 6) is -3.10. The van der Waals surface area contributed by atoms with Gasteiger partial charge in [0.15, 0.2) is 18.5 Å². The van der Waals surface area contributed by atoms with Crippen molar-refractivity contribution in [3.63, 3.8) is 0 Å². The molecule has 0 radical (unpaired) electrons. The van der Waals surface area contributed by atoms with E-state index >= 15 is 0 Å². The van der Waals surface area contributed by atoms with E-state index in [2.05, 4.69) is 0 Å². The van der Waals surface area contributed by atoms with E-state index in [1.165, 1.54) is 13.8 Å². The molecule has 0 aliphatic carbocycles. The highest BCUT2D eigenvalue weighted by atomic mass is 16.7. The van der Waals surface area contributed by atoms with E-state index in [0.29, 0.717) is 0 Å². The van der Waals surface area contributed by atoms with E-state index in [9.17, 15) is 40.2 Å². The van der Waals surface area contributed by atoms with Gasteiger partial charge in [0.25, 0.3) is 0 Å². The van der Waals surface area contributed by atoms with Gasteiger partial charge < -0.3 is 64.5 Å². The zero-order valence-electron chi connectivity index (χ0n) is 17.3. The van der Waals surface area contributed by atoms with Gasteiger partial charge in [-0.25, -0.2) is 9.59 Å². The molecule has 1 fully saturated rings. The number of ether oxygens (including phenoxy) is 5. The molecule has 0 aromatic heterocycles. The lowest BCUT2D eigenvalue weighted by molar-refractivity contribution is -0.301. The van der Waals surface area contributed by atoms with Crippen LogP contribution in [0, 0.1) is 0 Å². The van der Waals surface area contributed by atoms with E-state index < -0.39 is 80.1 Å².